The third-order valence-corrected chi connectivity index (χ3v) is 1.31. The van der Waals surface area contributed by atoms with Crippen molar-refractivity contribution in [3.63, 3.8) is 0 Å². The summed E-state index contributed by atoms with van der Waals surface area (Å²) in [5.74, 6) is 0. The highest BCUT2D eigenvalue weighted by atomic mass is 32.2. The molecule has 0 aromatic heterocycles. The van der Waals surface area contributed by atoms with E-state index < -0.39 is 16.2 Å². The first-order chi connectivity index (χ1) is 4.99. The van der Waals surface area contributed by atoms with E-state index in [1.807, 2.05) is 0 Å². The molecule has 1 atom stereocenters. The van der Waals surface area contributed by atoms with Crippen molar-refractivity contribution in [2.24, 2.45) is 5.73 Å². The molecule has 0 heterocycles. The van der Waals surface area contributed by atoms with Gasteiger partial charge in [0.25, 0.3) is 10.1 Å². The van der Waals surface area contributed by atoms with Gasteiger partial charge in [-0.3, -0.25) is 4.18 Å². The molecule has 0 radical (unpaired) electrons. The molecule has 0 aliphatic carbocycles. The molecule has 0 aromatic rings. The van der Waals surface area contributed by atoms with Crippen LogP contribution in [0.25, 0.3) is 0 Å². The van der Waals surface area contributed by atoms with E-state index in [2.05, 4.69) is 16.5 Å². The van der Waals surface area contributed by atoms with Crippen molar-refractivity contribution in [3.05, 3.63) is 12.7 Å². The highest BCUT2D eigenvalue weighted by molar-refractivity contribution is 7.85. The Kier molecular flexibility index (Phi) is 2.85. The Balaban J connectivity index is 3.78. The molecule has 5 heteroatoms. The summed E-state index contributed by atoms with van der Waals surface area (Å²) in [4.78, 5) is 0. The zero-order chi connectivity index (χ0) is 8.91. The summed E-state index contributed by atoms with van der Waals surface area (Å²) >= 11 is 0. The van der Waals surface area contributed by atoms with E-state index >= 15 is 0 Å². The molecule has 0 saturated carbocycles. The minimum Gasteiger partial charge on any atom is -0.323 e. The Labute approximate surface area is 62.3 Å². The van der Waals surface area contributed by atoms with Crippen molar-refractivity contribution in [3.8, 4) is 0 Å². The fraction of sp³-hybridized carbons (Fsp3) is 0.600. The molecule has 0 spiro atoms. The topological polar surface area (TPSA) is 69.4 Å². The van der Waals surface area contributed by atoms with Crippen LogP contribution in [0.15, 0.2) is 12.7 Å². The van der Waals surface area contributed by atoms with E-state index in [0.717, 1.165) is 6.26 Å². The molecule has 0 rings (SSSR count). The molecule has 10 heavy (non-hydrogen) atoms. The molecule has 0 saturated heterocycles. The van der Waals surface area contributed by atoms with Crippen molar-refractivity contribution in [1.29, 1.82) is 0 Å². The van der Waals surface area contributed by atoms with Crippen LogP contribution in [-0.2, 0) is 14.3 Å². The molecule has 60 valence electrons. The maximum atomic E-state index is 10.4. The minimum absolute atomic E-state index is 0.0914. The Morgan fingerprint density at radius 3 is 2.90 bits per heavy atom. The first-order valence-electron chi connectivity index (χ1n) is 3.14. The van der Waals surface area contributed by atoms with Crippen LogP contribution in [-0.4, -0.2) is 27.3 Å². The van der Waals surface area contributed by atoms with Gasteiger partial charge in [0, 0.05) is 6.04 Å². The molecule has 4 nitrogen and oxygen atoms in total. The van der Waals surface area contributed by atoms with Crippen LogP contribution in [0, 0.1) is 0 Å². The van der Waals surface area contributed by atoms with E-state index in [-0.39, 0.29) is 6.61 Å². The lowest BCUT2D eigenvalue weighted by Gasteiger charge is -2.03. The highest BCUT2D eigenvalue weighted by Gasteiger charge is 2.03. The van der Waals surface area contributed by atoms with Crippen molar-refractivity contribution >= 4 is 10.1 Å². The van der Waals surface area contributed by atoms with Gasteiger partial charge in [0.2, 0.25) is 0 Å². The summed E-state index contributed by atoms with van der Waals surface area (Å²) in [5, 5.41) is 0. The van der Waals surface area contributed by atoms with Crippen LogP contribution in [0.1, 0.15) is 0 Å². The smallest absolute Gasteiger partial charge is 0.264 e. The second-order valence-electron chi connectivity index (χ2n) is 1.83. The lowest BCUT2D eigenvalue weighted by molar-refractivity contribution is 0.311. The van der Waals surface area contributed by atoms with Gasteiger partial charge in [-0.05, 0) is 0 Å². The molecule has 0 aliphatic rings. The van der Waals surface area contributed by atoms with Gasteiger partial charge in [0.15, 0.2) is 0 Å². The number of hydrogen-bond acceptors (Lipinski definition) is 4. The first kappa shape index (κ1) is 7.71. The van der Waals surface area contributed by atoms with E-state index in [1.54, 1.807) is 0 Å². The monoisotopic (exact) mass is 167 g/mol. The van der Waals surface area contributed by atoms with Gasteiger partial charge in [-0.25, -0.2) is 0 Å². The van der Waals surface area contributed by atoms with Crippen LogP contribution in [0.5, 0.6) is 0 Å². The molecular formula is C5H11NO3S. The second kappa shape index (κ2) is 3.70. The van der Waals surface area contributed by atoms with Crippen molar-refractivity contribution in [1.82, 2.24) is 0 Å². The number of rotatable bonds is 5. The normalized spacial score (nSPS) is 15.9. The average Bonchev–Trinajstić information content (AvgIpc) is 1.88. The van der Waals surface area contributed by atoms with E-state index in [9.17, 15) is 8.42 Å². The Morgan fingerprint density at radius 2 is 2.60 bits per heavy atom. The van der Waals surface area contributed by atoms with E-state index in [0.29, 0.717) is 0 Å². The predicted octanol–water partition coefficient (Wildman–Crippen LogP) is -0.524. The maximum absolute atomic E-state index is 10.4. The molecule has 0 bridgehead atoms. The van der Waals surface area contributed by atoms with Crippen molar-refractivity contribution in [2.75, 3.05) is 12.9 Å². The molecule has 2 N–H and O–H groups in total. The molecule has 0 aromatic carbocycles. The Bertz CT molecular complexity index is 214. The summed E-state index contributed by atoms with van der Waals surface area (Å²) in [6, 6.07) is -0.454. The first-order valence-corrected chi connectivity index (χ1v) is 4.45. The zero-order valence-electron chi connectivity index (χ0n) is 6.70. The molecule has 0 unspecified atom stereocenters. The van der Waals surface area contributed by atoms with Crippen LogP contribution in [0.4, 0.5) is 0 Å². The van der Waals surface area contributed by atoms with Gasteiger partial charge in [0.1, 0.15) is 1.41 Å². The van der Waals surface area contributed by atoms with Crippen molar-refractivity contribution < 1.29 is 14.0 Å². The lowest BCUT2D eigenvalue weighted by Crippen LogP contribution is -2.24. The minimum atomic E-state index is -3.41. The van der Waals surface area contributed by atoms with Crippen LogP contribution >= 0.6 is 0 Å². The Hall–Kier alpha value is -0.390. The van der Waals surface area contributed by atoms with Gasteiger partial charge < -0.3 is 5.73 Å². The van der Waals surface area contributed by atoms with Gasteiger partial charge in [-0.2, -0.15) is 8.42 Å². The van der Waals surface area contributed by atoms with Gasteiger partial charge in [0.05, 0.1) is 12.9 Å². The molecule has 0 fully saturated rings. The lowest BCUT2D eigenvalue weighted by atomic mass is 10.3. The SMILES string of the molecule is [3H]N[C@@H](C=C)COS(C)(=O)=O. The second-order valence-corrected chi connectivity index (χ2v) is 3.47. The fourth-order valence-electron chi connectivity index (χ4n) is 0.265. The molecule has 0 aliphatic heterocycles. The number of hydrogen-bond donors (Lipinski definition) is 1. The number of nitrogens with two attached hydrogens (primary N) is 1. The largest absolute Gasteiger partial charge is 0.323 e. The van der Waals surface area contributed by atoms with Crippen LogP contribution in [0.2, 0.25) is 1.41 Å². The molecule has 0 amide bonds. The van der Waals surface area contributed by atoms with E-state index in [1.165, 1.54) is 6.08 Å². The maximum Gasteiger partial charge on any atom is 0.264 e. The Morgan fingerprint density at radius 1 is 2.00 bits per heavy atom. The average molecular weight is 167 g/mol. The highest BCUT2D eigenvalue weighted by Crippen LogP contribution is 1.88. The zero-order valence-corrected chi connectivity index (χ0v) is 6.52. The third kappa shape index (κ3) is 5.74. The third-order valence-electron chi connectivity index (χ3n) is 0.746. The summed E-state index contributed by atoms with van der Waals surface area (Å²) in [6.07, 6.45) is 2.36. The predicted molar refractivity (Wildman–Crippen MR) is 39.0 cm³/mol. The summed E-state index contributed by atoms with van der Waals surface area (Å²) in [5.41, 5.74) is 2.07. The van der Waals surface area contributed by atoms with Crippen molar-refractivity contribution in [2.45, 2.75) is 6.04 Å². The summed E-state index contributed by atoms with van der Waals surface area (Å²) < 4.78 is 31.9. The quantitative estimate of drug-likeness (QED) is 0.441. The van der Waals surface area contributed by atoms with Crippen LogP contribution < -0.4 is 5.73 Å². The fourth-order valence-corrected chi connectivity index (χ4v) is 0.659. The van der Waals surface area contributed by atoms with Gasteiger partial charge >= 0.3 is 0 Å². The summed E-state index contributed by atoms with van der Waals surface area (Å²) in [6.45, 7) is 3.28. The summed E-state index contributed by atoms with van der Waals surface area (Å²) in [7, 11) is -3.41. The van der Waals surface area contributed by atoms with Gasteiger partial charge in [-0.1, -0.05) is 6.08 Å². The van der Waals surface area contributed by atoms with Gasteiger partial charge in [-0.15, -0.1) is 6.58 Å². The molecular weight excluding hydrogens is 154 g/mol. The van der Waals surface area contributed by atoms with E-state index in [4.69, 9.17) is 1.41 Å². The standard InChI is InChI=1S/C5H11NO3S/c1-3-5(6)4-9-10(2,7)8/h3,5H,1,4,6H2,2H3/t5-/m0/s1/i/hT. The van der Waals surface area contributed by atoms with Crippen LogP contribution in [0.3, 0.4) is 0 Å².